The summed E-state index contributed by atoms with van der Waals surface area (Å²) in [6, 6.07) is 22.7. The van der Waals surface area contributed by atoms with Crippen LogP contribution in [0.3, 0.4) is 0 Å². The molecule has 5 heteroatoms. The van der Waals surface area contributed by atoms with E-state index in [9.17, 15) is 9.90 Å². The predicted molar refractivity (Wildman–Crippen MR) is 97.8 cm³/mol. The number of nitrogens with one attached hydrogen (secondary N) is 1. The van der Waals surface area contributed by atoms with Crippen LogP contribution in [-0.4, -0.2) is 20.9 Å². The van der Waals surface area contributed by atoms with Gasteiger partial charge < -0.3 is 10.4 Å². The second-order valence-electron chi connectivity index (χ2n) is 5.68. The molecule has 0 aliphatic heterocycles. The molecule has 0 bridgehead atoms. The van der Waals surface area contributed by atoms with Crippen LogP contribution in [0, 0.1) is 0 Å². The Morgan fingerprint density at radius 3 is 2.56 bits per heavy atom. The van der Waals surface area contributed by atoms with Crippen LogP contribution in [0.4, 0.5) is 11.4 Å². The monoisotopic (exact) mass is 329 g/mol. The van der Waals surface area contributed by atoms with Crippen LogP contribution in [-0.2, 0) is 0 Å². The van der Waals surface area contributed by atoms with E-state index in [2.05, 4.69) is 10.4 Å². The molecule has 1 aromatic heterocycles. The van der Waals surface area contributed by atoms with Crippen LogP contribution in [0.2, 0.25) is 0 Å². The van der Waals surface area contributed by atoms with E-state index >= 15 is 0 Å². The lowest BCUT2D eigenvalue weighted by atomic mass is 10.2. The summed E-state index contributed by atoms with van der Waals surface area (Å²) < 4.78 is 1.75. The number of aromatic nitrogens is 2. The van der Waals surface area contributed by atoms with Gasteiger partial charge in [-0.1, -0.05) is 24.3 Å². The largest absolute Gasteiger partial charge is 0.478 e. The molecule has 0 spiro atoms. The van der Waals surface area contributed by atoms with E-state index in [1.165, 1.54) is 0 Å². The second kappa shape index (κ2) is 6.13. The van der Waals surface area contributed by atoms with Crippen molar-refractivity contribution >= 4 is 28.2 Å². The van der Waals surface area contributed by atoms with E-state index in [4.69, 9.17) is 0 Å². The van der Waals surface area contributed by atoms with Gasteiger partial charge in [0.05, 0.1) is 23.0 Å². The van der Waals surface area contributed by atoms with Crippen LogP contribution in [0.15, 0.2) is 79.0 Å². The fourth-order valence-electron chi connectivity index (χ4n) is 2.76. The number of carboxylic acids is 1. The molecule has 0 fully saturated rings. The van der Waals surface area contributed by atoms with E-state index in [1.54, 1.807) is 29.1 Å². The minimum Gasteiger partial charge on any atom is -0.478 e. The molecule has 122 valence electrons. The van der Waals surface area contributed by atoms with Gasteiger partial charge in [0.2, 0.25) is 0 Å². The molecule has 2 N–H and O–H groups in total. The third-order valence-corrected chi connectivity index (χ3v) is 3.97. The number of anilines is 2. The third kappa shape index (κ3) is 2.95. The minimum atomic E-state index is -0.954. The lowest BCUT2D eigenvalue weighted by molar-refractivity contribution is 0.0697. The van der Waals surface area contributed by atoms with Crippen molar-refractivity contribution in [2.24, 2.45) is 0 Å². The van der Waals surface area contributed by atoms with Crippen molar-refractivity contribution in [3.8, 4) is 5.69 Å². The van der Waals surface area contributed by atoms with Gasteiger partial charge >= 0.3 is 5.97 Å². The molecule has 25 heavy (non-hydrogen) atoms. The van der Waals surface area contributed by atoms with E-state index in [1.807, 2.05) is 54.6 Å². The number of nitrogens with zero attached hydrogens (tertiary/aromatic N) is 2. The van der Waals surface area contributed by atoms with E-state index < -0.39 is 5.97 Å². The van der Waals surface area contributed by atoms with Gasteiger partial charge in [0.15, 0.2) is 0 Å². The van der Waals surface area contributed by atoms with Crippen molar-refractivity contribution in [2.75, 3.05) is 5.32 Å². The zero-order valence-electron chi connectivity index (χ0n) is 13.3. The van der Waals surface area contributed by atoms with Crippen LogP contribution in [0.5, 0.6) is 0 Å². The maximum absolute atomic E-state index is 11.2. The maximum atomic E-state index is 11.2. The molecule has 4 aromatic rings. The summed E-state index contributed by atoms with van der Waals surface area (Å²) in [5.41, 5.74) is 3.80. The Bertz CT molecular complexity index is 1050. The summed E-state index contributed by atoms with van der Waals surface area (Å²) in [4.78, 5) is 11.2. The molecule has 5 nitrogen and oxygen atoms in total. The van der Waals surface area contributed by atoms with E-state index in [0.29, 0.717) is 5.69 Å². The lowest BCUT2D eigenvalue weighted by Gasteiger charge is -2.08. The van der Waals surface area contributed by atoms with Crippen LogP contribution < -0.4 is 5.32 Å². The second-order valence-corrected chi connectivity index (χ2v) is 5.68. The van der Waals surface area contributed by atoms with Crippen molar-refractivity contribution in [3.63, 3.8) is 0 Å². The maximum Gasteiger partial charge on any atom is 0.335 e. The van der Waals surface area contributed by atoms with Crippen LogP contribution >= 0.6 is 0 Å². The first-order valence-electron chi connectivity index (χ1n) is 7.84. The Kier molecular flexibility index (Phi) is 3.67. The van der Waals surface area contributed by atoms with Crippen molar-refractivity contribution in [1.29, 1.82) is 0 Å². The Morgan fingerprint density at radius 2 is 1.76 bits per heavy atom. The van der Waals surface area contributed by atoms with Gasteiger partial charge in [0, 0.05) is 16.8 Å². The first kappa shape index (κ1) is 15.0. The molecular formula is C20H15N3O2. The molecule has 3 aromatic carbocycles. The van der Waals surface area contributed by atoms with E-state index in [-0.39, 0.29) is 5.56 Å². The Hall–Kier alpha value is -3.60. The Balaban J connectivity index is 1.76. The summed E-state index contributed by atoms with van der Waals surface area (Å²) >= 11 is 0. The van der Waals surface area contributed by atoms with Gasteiger partial charge in [0.1, 0.15) is 0 Å². The smallest absolute Gasteiger partial charge is 0.335 e. The molecule has 0 aliphatic carbocycles. The Morgan fingerprint density at radius 1 is 0.920 bits per heavy atom. The van der Waals surface area contributed by atoms with Crippen molar-refractivity contribution in [1.82, 2.24) is 9.78 Å². The van der Waals surface area contributed by atoms with Crippen LogP contribution in [0.1, 0.15) is 10.4 Å². The zero-order chi connectivity index (χ0) is 17.2. The molecule has 0 saturated heterocycles. The van der Waals surface area contributed by atoms with E-state index in [0.717, 1.165) is 22.3 Å². The molecule has 0 saturated carbocycles. The van der Waals surface area contributed by atoms with Gasteiger partial charge in [0.25, 0.3) is 0 Å². The minimum absolute atomic E-state index is 0.236. The molecule has 0 unspecified atom stereocenters. The molecular weight excluding hydrogens is 314 g/mol. The molecule has 1 heterocycles. The average Bonchev–Trinajstić information content (AvgIpc) is 3.06. The first-order chi connectivity index (χ1) is 12.2. The normalized spacial score (nSPS) is 10.7. The fourth-order valence-corrected chi connectivity index (χ4v) is 2.76. The Labute approximate surface area is 144 Å². The standard InChI is InChI=1S/C20H15N3O2/c24-20(25)14-5-4-8-18(11-14)23-19-12-17(10-9-15(19)13-21-23)22-16-6-2-1-3-7-16/h1-13,22H,(H,24,25). The third-order valence-electron chi connectivity index (χ3n) is 3.97. The van der Waals surface area contributed by atoms with Gasteiger partial charge in [-0.3, -0.25) is 0 Å². The quantitative estimate of drug-likeness (QED) is 0.580. The summed E-state index contributed by atoms with van der Waals surface area (Å²) in [5.74, 6) is -0.954. The number of hydrogen-bond acceptors (Lipinski definition) is 3. The van der Waals surface area contributed by atoms with Gasteiger partial charge in [-0.2, -0.15) is 5.10 Å². The van der Waals surface area contributed by atoms with Crippen LogP contribution in [0.25, 0.3) is 16.6 Å². The van der Waals surface area contributed by atoms with Crippen molar-refractivity contribution in [2.45, 2.75) is 0 Å². The molecule has 0 aliphatic rings. The summed E-state index contributed by atoms with van der Waals surface area (Å²) in [6.45, 7) is 0. The number of fused-ring (bicyclic) bond motifs is 1. The highest BCUT2D eigenvalue weighted by molar-refractivity contribution is 5.89. The number of benzene rings is 3. The lowest BCUT2D eigenvalue weighted by Crippen LogP contribution is -2.01. The molecule has 0 atom stereocenters. The number of hydrogen-bond donors (Lipinski definition) is 2. The molecule has 0 radical (unpaired) electrons. The summed E-state index contributed by atoms with van der Waals surface area (Å²) in [5, 5.41) is 17.9. The number of carboxylic acid groups (broad SMARTS) is 1. The summed E-state index contributed by atoms with van der Waals surface area (Å²) in [6.07, 6.45) is 1.77. The molecule has 0 amide bonds. The topological polar surface area (TPSA) is 67.1 Å². The number of aromatic carboxylic acids is 1. The fraction of sp³-hybridized carbons (Fsp3) is 0. The SMILES string of the molecule is O=C(O)c1cccc(-n2ncc3ccc(Nc4ccccc4)cc32)c1. The highest BCUT2D eigenvalue weighted by Gasteiger charge is 2.09. The van der Waals surface area contributed by atoms with Crippen molar-refractivity contribution in [3.05, 3.63) is 84.6 Å². The van der Waals surface area contributed by atoms with Gasteiger partial charge in [-0.15, -0.1) is 0 Å². The van der Waals surface area contributed by atoms with Crippen molar-refractivity contribution < 1.29 is 9.90 Å². The van der Waals surface area contributed by atoms with Gasteiger partial charge in [-0.05, 0) is 48.5 Å². The molecule has 4 rings (SSSR count). The predicted octanol–water partition coefficient (Wildman–Crippen LogP) is 4.47. The average molecular weight is 329 g/mol. The number of rotatable bonds is 4. The summed E-state index contributed by atoms with van der Waals surface area (Å²) in [7, 11) is 0. The highest BCUT2D eigenvalue weighted by atomic mass is 16.4. The highest BCUT2D eigenvalue weighted by Crippen LogP contribution is 2.24. The zero-order valence-corrected chi connectivity index (χ0v) is 13.3. The number of carbonyl (C=O) groups is 1. The number of para-hydroxylation sites is 1. The first-order valence-corrected chi connectivity index (χ1v) is 7.84. The van der Waals surface area contributed by atoms with Gasteiger partial charge in [-0.25, -0.2) is 9.48 Å².